The van der Waals surface area contributed by atoms with Crippen LogP contribution >= 0.6 is 23.1 Å². The first kappa shape index (κ1) is 15.4. The van der Waals surface area contributed by atoms with Crippen LogP contribution in [0.2, 0.25) is 0 Å². The van der Waals surface area contributed by atoms with Gasteiger partial charge in [0.1, 0.15) is 5.82 Å². The van der Waals surface area contributed by atoms with Crippen molar-refractivity contribution in [1.29, 1.82) is 0 Å². The van der Waals surface area contributed by atoms with E-state index in [1.165, 1.54) is 17.4 Å². The zero-order valence-electron chi connectivity index (χ0n) is 11.7. The summed E-state index contributed by atoms with van der Waals surface area (Å²) in [6.07, 6.45) is 0. The highest BCUT2D eigenvalue weighted by Crippen LogP contribution is 2.36. The summed E-state index contributed by atoms with van der Waals surface area (Å²) in [6, 6.07) is 3.04. The van der Waals surface area contributed by atoms with E-state index in [4.69, 9.17) is 0 Å². The first-order valence-corrected chi connectivity index (χ1v) is 7.72. The maximum atomic E-state index is 11.1. The second-order valence-electron chi connectivity index (χ2n) is 4.16. The Bertz CT molecular complexity index is 645. The molecule has 0 atom stereocenters. The summed E-state index contributed by atoms with van der Waals surface area (Å²) < 4.78 is 0.614. The highest BCUT2D eigenvalue weighted by atomic mass is 32.2. The molecule has 0 unspecified atom stereocenters. The van der Waals surface area contributed by atoms with Crippen LogP contribution in [0, 0.1) is 10.1 Å². The summed E-state index contributed by atoms with van der Waals surface area (Å²) in [5.74, 6) is 0.600. The Kier molecular flexibility index (Phi) is 4.91. The molecule has 0 saturated heterocycles. The predicted molar refractivity (Wildman–Crippen MR) is 83.4 cm³/mol. The van der Waals surface area contributed by atoms with Gasteiger partial charge in [0.2, 0.25) is 5.13 Å². The van der Waals surface area contributed by atoms with Crippen molar-refractivity contribution in [2.75, 3.05) is 30.9 Å². The topological polar surface area (TPSA) is 97.1 Å². The number of aromatic nitrogens is 3. The highest BCUT2D eigenvalue weighted by molar-refractivity contribution is 8.01. The minimum Gasteiger partial charge on any atom is -0.370 e. The molecule has 10 heteroatoms. The molecule has 2 heterocycles. The van der Waals surface area contributed by atoms with Gasteiger partial charge in [-0.1, -0.05) is 11.3 Å². The molecule has 1 N–H and O–H groups in total. The molecule has 0 aromatic carbocycles. The summed E-state index contributed by atoms with van der Waals surface area (Å²) in [5.41, 5.74) is -0.0387. The van der Waals surface area contributed by atoms with Gasteiger partial charge < -0.3 is 10.2 Å². The van der Waals surface area contributed by atoms with Gasteiger partial charge in [-0.25, -0.2) is 4.98 Å². The van der Waals surface area contributed by atoms with E-state index in [2.05, 4.69) is 20.5 Å². The summed E-state index contributed by atoms with van der Waals surface area (Å²) in [7, 11) is 3.73. The Morgan fingerprint density at radius 1 is 1.43 bits per heavy atom. The second-order valence-corrected chi connectivity index (χ2v) is 6.35. The average molecular weight is 326 g/mol. The summed E-state index contributed by atoms with van der Waals surface area (Å²) in [5, 5.41) is 23.2. The lowest BCUT2D eigenvalue weighted by atomic mass is 10.4. The van der Waals surface area contributed by atoms with Crippen LogP contribution in [0.15, 0.2) is 21.5 Å². The average Bonchev–Trinajstić information content (AvgIpc) is 2.88. The van der Waals surface area contributed by atoms with Crippen molar-refractivity contribution in [3.63, 3.8) is 0 Å². The number of nitrogens with one attached hydrogen (secondary N) is 1. The molecule has 0 radical (unpaired) electrons. The molecular formula is C11H14N6O2S2. The van der Waals surface area contributed by atoms with Crippen LogP contribution in [0.5, 0.6) is 0 Å². The maximum Gasteiger partial charge on any atom is 0.301 e. The zero-order chi connectivity index (χ0) is 15.4. The number of nitro groups is 1. The Hall–Kier alpha value is -1.94. The molecule has 2 rings (SSSR count). The fourth-order valence-corrected chi connectivity index (χ4v) is 3.20. The summed E-state index contributed by atoms with van der Waals surface area (Å²) in [4.78, 5) is 16.7. The molecule has 112 valence electrons. The van der Waals surface area contributed by atoms with Gasteiger partial charge in [-0.05, 0) is 24.8 Å². The number of nitrogens with zero attached hydrogens (tertiary/aromatic N) is 5. The van der Waals surface area contributed by atoms with Crippen LogP contribution in [-0.4, -0.2) is 40.7 Å². The van der Waals surface area contributed by atoms with Crippen molar-refractivity contribution in [1.82, 2.24) is 15.2 Å². The van der Waals surface area contributed by atoms with Crippen LogP contribution in [0.1, 0.15) is 6.92 Å². The summed E-state index contributed by atoms with van der Waals surface area (Å²) >= 11 is 2.51. The fraction of sp³-hybridized carbons (Fsp3) is 0.364. The third-order valence-corrected chi connectivity index (χ3v) is 4.49. The number of pyridine rings is 1. The summed E-state index contributed by atoms with van der Waals surface area (Å²) in [6.45, 7) is 2.63. The lowest BCUT2D eigenvalue weighted by Crippen LogP contribution is -2.07. The normalized spacial score (nSPS) is 10.4. The standard InChI is InChI=1S/C11H14N6O2S2/c1-4-12-8-6-5-7(17(18)19)9(13-8)20-11-15-14-10(21-11)16(2)3/h5-6H,4H2,1-3H3,(H,12,13). The lowest BCUT2D eigenvalue weighted by Gasteiger charge is -2.05. The molecule has 0 fully saturated rings. The quantitative estimate of drug-likeness (QED) is 0.639. The number of anilines is 2. The van der Waals surface area contributed by atoms with E-state index in [-0.39, 0.29) is 5.69 Å². The van der Waals surface area contributed by atoms with Crippen LogP contribution in [-0.2, 0) is 0 Å². The van der Waals surface area contributed by atoms with E-state index in [1.54, 1.807) is 6.07 Å². The van der Waals surface area contributed by atoms with E-state index in [0.717, 1.165) is 16.9 Å². The molecule has 0 aliphatic carbocycles. The largest absolute Gasteiger partial charge is 0.370 e. The van der Waals surface area contributed by atoms with E-state index >= 15 is 0 Å². The predicted octanol–water partition coefficient (Wildman–Crippen LogP) is 2.49. The second kappa shape index (κ2) is 6.68. The van der Waals surface area contributed by atoms with Gasteiger partial charge in [-0.15, -0.1) is 10.2 Å². The zero-order valence-corrected chi connectivity index (χ0v) is 13.4. The third kappa shape index (κ3) is 3.79. The molecular weight excluding hydrogens is 312 g/mol. The van der Waals surface area contributed by atoms with Crippen molar-refractivity contribution in [2.24, 2.45) is 0 Å². The number of rotatable bonds is 6. The van der Waals surface area contributed by atoms with Crippen LogP contribution in [0.3, 0.4) is 0 Å². The smallest absolute Gasteiger partial charge is 0.301 e. The molecule has 2 aromatic heterocycles. The fourth-order valence-electron chi connectivity index (χ4n) is 1.43. The molecule has 21 heavy (non-hydrogen) atoms. The molecule has 0 amide bonds. The Labute approximate surface area is 129 Å². The Morgan fingerprint density at radius 3 is 2.76 bits per heavy atom. The first-order chi connectivity index (χ1) is 10.0. The van der Waals surface area contributed by atoms with Gasteiger partial charge in [0.05, 0.1) is 4.92 Å². The first-order valence-electron chi connectivity index (χ1n) is 6.09. The number of hydrogen-bond donors (Lipinski definition) is 1. The SMILES string of the molecule is CCNc1ccc([N+](=O)[O-])c(Sc2nnc(N(C)C)s2)n1. The third-order valence-electron chi connectivity index (χ3n) is 2.36. The molecule has 0 bridgehead atoms. The van der Waals surface area contributed by atoms with Gasteiger partial charge in [0.15, 0.2) is 9.37 Å². The van der Waals surface area contributed by atoms with Crippen LogP contribution in [0.4, 0.5) is 16.6 Å². The maximum absolute atomic E-state index is 11.1. The molecule has 0 aliphatic heterocycles. The van der Waals surface area contributed by atoms with Gasteiger partial charge in [-0.3, -0.25) is 10.1 Å². The van der Waals surface area contributed by atoms with E-state index in [9.17, 15) is 10.1 Å². The van der Waals surface area contributed by atoms with Crippen LogP contribution < -0.4 is 10.2 Å². The number of hydrogen-bond acceptors (Lipinski definition) is 9. The molecule has 2 aromatic rings. The van der Waals surface area contributed by atoms with Gasteiger partial charge in [0.25, 0.3) is 0 Å². The van der Waals surface area contributed by atoms with Crippen molar-refractivity contribution in [2.45, 2.75) is 16.3 Å². The van der Waals surface area contributed by atoms with Crippen molar-refractivity contribution >= 4 is 39.7 Å². The molecule has 0 spiro atoms. The minimum absolute atomic E-state index is 0.0387. The Morgan fingerprint density at radius 2 is 2.19 bits per heavy atom. The van der Waals surface area contributed by atoms with E-state index < -0.39 is 4.92 Å². The minimum atomic E-state index is -0.445. The Balaban J connectivity index is 2.31. The molecule has 0 saturated carbocycles. The highest BCUT2D eigenvalue weighted by Gasteiger charge is 2.19. The van der Waals surface area contributed by atoms with Crippen molar-refractivity contribution < 1.29 is 4.92 Å². The van der Waals surface area contributed by atoms with Crippen molar-refractivity contribution in [3.8, 4) is 0 Å². The van der Waals surface area contributed by atoms with Crippen LogP contribution in [0.25, 0.3) is 0 Å². The molecule has 0 aliphatic rings. The lowest BCUT2D eigenvalue weighted by molar-refractivity contribution is -0.388. The van der Waals surface area contributed by atoms with Gasteiger partial charge in [0, 0.05) is 26.7 Å². The molecule has 8 nitrogen and oxygen atoms in total. The van der Waals surface area contributed by atoms with Gasteiger partial charge >= 0.3 is 5.69 Å². The van der Waals surface area contributed by atoms with Gasteiger partial charge in [-0.2, -0.15) is 0 Å². The van der Waals surface area contributed by atoms with E-state index in [0.29, 0.717) is 21.7 Å². The van der Waals surface area contributed by atoms with E-state index in [1.807, 2.05) is 25.9 Å². The van der Waals surface area contributed by atoms with Crippen molar-refractivity contribution in [3.05, 3.63) is 22.2 Å². The monoisotopic (exact) mass is 326 g/mol.